The fourth-order valence-corrected chi connectivity index (χ4v) is 3.19. The third-order valence-electron chi connectivity index (χ3n) is 4.83. The number of amides is 3. The molecule has 29 heavy (non-hydrogen) atoms. The Balaban J connectivity index is 1.91. The van der Waals surface area contributed by atoms with E-state index >= 15 is 0 Å². The average Bonchev–Trinajstić information content (AvgIpc) is 2.75. The topological polar surface area (TPSA) is 70.7 Å². The highest BCUT2D eigenvalue weighted by Gasteiger charge is 2.16. The summed E-state index contributed by atoms with van der Waals surface area (Å²) < 4.78 is 0. The molecular formula is C23H33N3O3. The molecule has 2 aromatic rings. The van der Waals surface area contributed by atoms with Gasteiger partial charge in [0.05, 0.1) is 19.2 Å². The molecule has 6 heteroatoms. The third kappa shape index (κ3) is 7.74. The lowest BCUT2D eigenvalue weighted by atomic mass is 10.0. The van der Waals surface area contributed by atoms with E-state index in [1.54, 1.807) is 0 Å². The van der Waals surface area contributed by atoms with Gasteiger partial charge in [-0.05, 0) is 29.2 Å². The van der Waals surface area contributed by atoms with Crippen molar-refractivity contribution in [3.8, 4) is 0 Å². The minimum Gasteiger partial charge on any atom is -0.334 e. The van der Waals surface area contributed by atoms with Gasteiger partial charge in [0.25, 0.3) is 0 Å². The summed E-state index contributed by atoms with van der Waals surface area (Å²) in [5.41, 5.74) is 1.07. The van der Waals surface area contributed by atoms with Crippen LogP contribution in [0.2, 0.25) is 0 Å². The van der Waals surface area contributed by atoms with Crippen molar-refractivity contribution in [1.82, 2.24) is 15.7 Å². The molecule has 0 heterocycles. The Labute approximate surface area is 173 Å². The van der Waals surface area contributed by atoms with Crippen LogP contribution in [0.3, 0.4) is 0 Å². The lowest BCUT2D eigenvalue weighted by molar-refractivity contribution is -0.174. The molecule has 2 aromatic carbocycles. The molecule has 2 rings (SSSR count). The van der Waals surface area contributed by atoms with Crippen molar-refractivity contribution in [2.45, 2.75) is 58.5 Å². The largest absolute Gasteiger partial charge is 0.334 e. The van der Waals surface area contributed by atoms with E-state index in [0.29, 0.717) is 26.1 Å². The van der Waals surface area contributed by atoms with Crippen molar-refractivity contribution < 1.29 is 14.4 Å². The van der Waals surface area contributed by atoms with Gasteiger partial charge < -0.3 is 10.6 Å². The zero-order chi connectivity index (χ0) is 20.9. The number of nitrogens with zero attached hydrogens (tertiary/aromatic N) is 1. The first-order valence-corrected chi connectivity index (χ1v) is 10.5. The van der Waals surface area contributed by atoms with E-state index in [2.05, 4.69) is 42.7 Å². The summed E-state index contributed by atoms with van der Waals surface area (Å²) in [5, 5.41) is 9.52. The fourth-order valence-electron chi connectivity index (χ4n) is 3.19. The number of benzene rings is 2. The highest BCUT2D eigenvalue weighted by atomic mass is 16.7. The zero-order valence-corrected chi connectivity index (χ0v) is 17.5. The smallest absolute Gasteiger partial charge is 0.315 e. The number of nitrogens with one attached hydrogen (secondary N) is 2. The summed E-state index contributed by atoms with van der Waals surface area (Å²) in [7, 11) is 0. The van der Waals surface area contributed by atoms with Gasteiger partial charge >= 0.3 is 6.03 Å². The van der Waals surface area contributed by atoms with Gasteiger partial charge in [0.2, 0.25) is 6.41 Å². The Hall–Kier alpha value is -2.60. The first kappa shape index (κ1) is 22.7. The van der Waals surface area contributed by atoms with E-state index < -0.39 is 0 Å². The summed E-state index contributed by atoms with van der Waals surface area (Å²) in [4.78, 5) is 29.3. The lowest BCUT2D eigenvalue weighted by Gasteiger charge is -2.24. The van der Waals surface area contributed by atoms with Crippen molar-refractivity contribution in [3.05, 3.63) is 48.0 Å². The lowest BCUT2D eigenvalue weighted by Crippen LogP contribution is -2.47. The average molecular weight is 400 g/mol. The Morgan fingerprint density at radius 1 is 1.10 bits per heavy atom. The van der Waals surface area contributed by atoms with Crippen molar-refractivity contribution in [2.24, 2.45) is 0 Å². The molecule has 0 spiro atoms. The molecule has 2 N–H and O–H groups in total. The van der Waals surface area contributed by atoms with Crippen molar-refractivity contribution in [1.29, 1.82) is 0 Å². The minimum absolute atomic E-state index is 0.158. The Morgan fingerprint density at radius 3 is 2.62 bits per heavy atom. The monoisotopic (exact) mass is 399 g/mol. The molecule has 0 unspecified atom stereocenters. The van der Waals surface area contributed by atoms with Gasteiger partial charge in [0.1, 0.15) is 0 Å². The van der Waals surface area contributed by atoms with Gasteiger partial charge in [-0.25, -0.2) is 9.86 Å². The molecule has 0 fully saturated rings. The fraction of sp³-hybridized carbons (Fsp3) is 0.478. The Bertz CT molecular complexity index is 761. The maximum Gasteiger partial charge on any atom is 0.315 e. The van der Waals surface area contributed by atoms with Crippen LogP contribution in [0.5, 0.6) is 0 Å². The van der Waals surface area contributed by atoms with E-state index in [4.69, 9.17) is 4.84 Å². The summed E-state index contributed by atoms with van der Waals surface area (Å²) in [6.45, 7) is 5.46. The van der Waals surface area contributed by atoms with E-state index in [1.165, 1.54) is 5.06 Å². The third-order valence-corrected chi connectivity index (χ3v) is 4.83. The van der Waals surface area contributed by atoms with Gasteiger partial charge in [-0.15, -0.1) is 0 Å². The quantitative estimate of drug-likeness (QED) is 0.298. The highest BCUT2D eigenvalue weighted by Crippen LogP contribution is 2.18. The normalized spacial score (nSPS) is 11.8. The summed E-state index contributed by atoms with van der Waals surface area (Å²) in [6.07, 6.45) is 5.36. The van der Waals surface area contributed by atoms with Crippen LogP contribution in [0.1, 0.15) is 51.5 Å². The minimum atomic E-state index is -0.238. The second-order valence-electron chi connectivity index (χ2n) is 7.20. The number of fused-ring (bicyclic) bond motifs is 1. The molecule has 0 radical (unpaired) electrons. The molecule has 6 nitrogen and oxygen atoms in total. The molecule has 0 aliphatic heterocycles. The number of hydrogen-bond donors (Lipinski definition) is 2. The Morgan fingerprint density at radius 2 is 1.86 bits per heavy atom. The van der Waals surface area contributed by atoms with E-state index in [1.807, 2.05) is 24.3 Å². The summed E-state index contributed by atoms with van der Waals surface area (Å²) in [5.74, 6) is 0. The van der Waals surface area contributed by atoms with E-state index in [-0.39, 0.29) is 12.1 Å². The zero-order valence-electron chi connectivity index (χ0n) is 17.5. The van der Waals surface area contributed by atoms with Crippen LogP contribution in [-0.4, -0.2) is 36.7 Å². The van der Waals surface area contributed by atoms with Gasteiger partial charge in [-0.1, -0.05) is 75.6 Å². The maximum atomic E-state index is 12.5. The van der Waals surface area contributed by atoms with E-state index in [9.17, 15) is 9.59 Å². The molecule has 0 aliphatic carbocycles. The molecule has 1 atom stereocenters. The molecular weight excluding hydrogens is 366 g/mol. The molecule has 3 amide bonds. The molecule has 0 aromatic heterocycles. The van der Waals surface area contributed by atoms with Gasteiger partial charge in [-0.3, -0.25) is 9.63 Å². The van der Waals surface area contributed by atoms with Crippen LogP contribution >= 0.6 is 0 Å². The van der Waals surface area contributed by atoms with Crippen LogP contribution in [-0.2, 0) is 16.2 Å². The second-order valence-corrected chi connectivity index (χ2v) is 7.20. The number of rotatable bonds is 13. The van der Waals surface area contributed by atoms with Crippen molar-refractivity contribution in [2.75, 3.05) is 13.2 Å². The first-order valence-electron chi connectivity index (χ1n) is 10.5. The van der Waals surface area contributed by atoms with Crippen LogP contribution in [0.25, 0.3) is 10.8 Å². The highest BCUT2D eigenvalue weighted by molar-refractivity contribution is 5.86. The van der Waals surface area contributed by atoms with Crippen LogP contribution < -0.4 is 10.6 Å². The van der Waals surface area contributed by atoms with Gasteiger partial charge in [0.15, 0.2) is 0 Å². The Kier molecular flexibility index (Phi) is 10.00. The number of hydrogen-bond acceptors (Lipinski definition) is 3. The molecule has 0 saturated heterocycles. The van der Waals surface area contributed by atoms with Crippen LogP contribution in [0.15, 0.2) is 42.5 Å². The van der Waals surface area contributed by atoms with Crippen molar-refractivity contribution >= 4 is 23.2 Å². The predicted octanol–water partition coefficient (Wildman–Crippen LogP) is 4.39. The summed E-state index contributed by atoms with van der Waals surface area (Å²) >= 11 is 0. The number of carbonyl (C=O) groups is 2. The number of unbranched alkanes of at least 4 members (excludes halogenated alkanes) is 2. The summed E-state index contributed by atoms with van der Waals surface area (Å²) in [6, 6.07) is 13.8. The molecule has 0 saturated carbocycles. The molecule has 0 bridgehead atoms. The second kappa shape index (κ2) is 12.8. The van der Waals surface area contributed by atoms with Gasteiger partial charge in [0, 0.05) is 6.54 Å². The molecule has 0 aliphatic rings. The first-order chi connectivity index (χ1) is 14.2. The van der Waals surface area contributed by atoms with Gasteiger partial charge in [-0.2, -0.15) is 0 Å². The van der Waals surface area contributed by atoms with Crippen LogP contribution in [0.4, 0.5) is 4.79 Å². The van der Waals surface area contributed by atoms with Crippen molar-refractivity contribution in [3.63, 3.8) is 0 Å². The standard InChI is InChI=1S/C23H33N3O3/c1-3-5-13-21(17-26(18-27)29-15-6-4-2)25-23(28)24-16-20-12-9-11-19-10-7-8-14-22(19)20/h7-12,14,18,21H,3-6,13,15-17H2,1-2H3,(H2,24,25,28)/t21-/m1/s1. The molecule has 158 valence electrons. The number of hydroxylamine groups is 2. The van der Waals surface area contributed by atoms with E-state index in [0.717, 1.165) is 48.4 Å². The maximum absolute atomic E-state index is 12.5. The SMILES string of the molecule is CCCCON(C=O)C[C@@H](CCCC)NC(=O)NCc1cccc2ccccc12. The number of urea groups is 1. The predicted molar refractivity (Wildman–Crippen MR) is 116 cm³/mol. The number of carbonyl (C=O) groups excluding carboxylic acids is 2. The van der Waals surface area contributed by atoms with Crippen LogP contribution in [0, 0.1) is 0 Å².